The number of methoxy groups -OCH3 is 1. The summed E-state index contributed by atoms with van der Waals surface area (Å²) in [6.07, 6.45) is 2.24. The molecule has 126 valence electrons. The molecule has 2 rings (SSSR count). The fourth-order valence-corrected chi connectivity index (χ4v) is 2.79. The number of carboxylic acid groups (broad SMARTS) is 1. The van der Waals surface area contributed by atoms with E-state index in [0.717, 1.165) is 11.3 Å². The van der Waals surface area contributed by atoms with E-state index in [1.807, 2.05) is 24.3 Å². The molecule has 1 N–H and O–H groups in total. The van der Waals surface area contributed by atoms with Gasteiger partial charge in [0.25, 0.3) is 0 Å². The van der Waals surface area contributed by atoms with Crippen molar-refractivity contribution in [2.24, 2.45) is 0 Å². The molecule has 1 aromatic rings. The second kappa shape index (κ2) is 8.53. The lowest BCUT2D eigenvalue weighted by molar-refractivity contribution is -0.147. The van der Waals surface area contributed by atoms with Crippen molar-refractivity contribution < 1.29 is 24.2 Å². The summed E-state index contributed by atoms with van der Waals surface area (Å²) < 4.78 is 10.5. The van der Waals surface area contributed by atoms with Crippen molar-refractivity contribution in [3.05, 3.63) is 29.8 Å². The van der Waals surface area contributed by atoms with Crippen LogP contribution in [0.1, 0.15) is 24.8 Å². The fraction of sp³-hybridized carbons (Fsp3) is 0.529. The molecule has 6 heteroatoms. The highest BCUT2D eigenvalue weighted by Gasteiger charge is 2.27. The van der Waals surface area contributed by atoms with Crippen LogP contribution in [0.15, 0.2) is 24.3 Å². The highest BCUT2D eigenvalue weighted by Crippen LogP contribution is 2.18. The molecule has 1 aromatic carbocycles. The van der Waals surface area contributed by atoms with E-state index in [4.69, 9.17) is 14.6 Å². The van der Waals surface area contributed by atoms with Crippen molar-refractivity contribution in [1.29, 1.82) is 0 Å². The minimum absolute atomic E-state index is 0.0438. The van der Waals surface area contributed by atoms with Gasteiger partial charge in [-0.1, -0.05) is 12.1 Å². The average Bonchev–Trinajstić information content (AvgIpc) is 2.58. The van der Waals surface area contributed by atoms with Crippen molar-refractivity contribution in [2.75, 3.05) is 26.9 Å². The second-order valence-corrected chi connectivity index (χ2v) is 5.61. The normalized spacial score (nSPS) is 15.2. The first-order chi connectivity index (χ1) is 11.1. The summed E-state index contributed by atoms with van der Waals surface area (Å²) in [5.74, 6) is -0.352. The van der Waals surface area contributed by atoms with Crippen LogP contribution in [-0.4, -0.2) is 54.8 Å². The molecular weight excluding hydrogens is 298 g/mol. The van der Waals surface area contributed by atoms with Crippen LogP contribution in [0, 0.1) is 0 Å². The van der Waals surface area contributed by atoms with Crippen LogP contribution in [-0.2, 0) is 20.7 Å². The van der Waals surface area contributed by atoms with Gasteiger partial charge in [-0.3, -0.25) is 9.59 Å². The predicted octanol–water partition coefficient (Wildman–Crippen LogP) is 1.72. The first-order valence-electron chi connectivity index (χ1n) is 7.82. The van der Waals surface area contributed by atoms with Gasteiger partial charge in [-0.2, -0.15) is 0 Å². The number of benzene rings is 1. The molecule has 0 aromatic heterocycles. The van der Waals surface area contributed by atoms with Crippen molar-refractivity contribution in [1.82, 2.24) is 4.90 Å². The molecular formula is C17H23NO5. The van der Waals surface area contributed by atoms with Gasteiger partial charge in [0.1, 0.15) is 12.3 Å². The summed E-state index contributed by atoms with van der Waals surface area (Å²) in [6.45, 7) is 0.898. The Kier molecular flexibility index (Phi) is 6.40. The van der Waals surface area contributed by atoms with E-state index in [-0.39, 0.29) is 24.9 Å². The Morgan fingerprint density at radius 2 is 2.09 bits per heavy atom. The molecule has 23 heavy (non-hydrogen) atoms. The molecule has 0 bridgehead atoms. The molecule has 1 amide bonds. The molecule has 0 radical (unpaired) electrons. The maximum Gasteiger partial charge on any atom is 0.323 e. The number of hydrogen-bond donors (Lipinski definition) is 1. The molecule has 0 aliphatic carbocycles. The molecule has 6 nitrogen and oxygen atoms in total. The molecule has 1 aliphatic rings. The lowest BCUT2D eigenvalue weighted by Crippen LogP contribution is -2.46. The number of aryl methyl sites for hydroxylation is 1. The van der Waals surface area contributed by atoms with Gasteiger partial charge < -0.3 is 19.5 Å². The highest BCUT2D eigenvalue weighted by atomic mass is 16.5. The number of nitrogens with zero attached hydrogens (tertiary/aromatic N) is 1. The van der Waals surface area contributed by atoms with Crippen molar-refractivity contribution in [3.63, 3.8) is 0 Å². The third-order valence-electron chi connectivity index (χ3n) is 4.02. The Labute approximate surface area is 136 Å². The smallest absolute Gasteiger partial charge is 0.323 e. The Balaban J connectivity index is 1.97. The Morgan fingerprint density at radius 1 is 1.35 bits per heavy atom. The number of amides is 1. The van der Waals surface area contributed by atoms with Gasteiger partial charge >= 0.3 is 5.97 Å². The molecule has 1 heterocycles. The van der Waals surface area contributed by atoms with E-state index >= 15 is 0 Å². The average molecular weight is 321 g/mol. The third kappa shape index (κ3) is 5.25. The molecule has 0 saturated carbocycles. The van der Waals surface area contributed by atoms with Crippen LogP contribution in [0.5, 0.6) is 5.75 Å². The molecule has 0 spiro atoms. The molecule has 0 unspecified atom stereocenters. The minimum atomic E-state index is -0.980. The van der Waals surface area contributed by atoms with Gasteiger partial charge in [0.2, 0.25) is 5.91 Å². The monoisotopic (exact) mass is 321 g/mol. The zero-order chi connectivity index (χ0) is 16.7. The van der Waals surface area contributed by atoms with E-state index < -0.39 is 5.97 Å². The number of aliphatic carboxylic acids is 1. The van der Waals surface area contributed by atoms with Crippen LogP contribution >= 0.6 is 0 Å². The number of carbonyl (C=O) groups is 2. The van der Waals surface area contributed by atoms with Gasteiger partial charge in [0.05, 0.1) is 7.11 Å². The summed E-state index contributed by atoms with van der Waals surface area (Å²) in [4.78, 5) is 25.1. The van der Waals surface area contributed by atoms with Gasteiger partial charge in [-0.05, 0) is 37.0 Å². The zero-order valence-electron chi connectivity index (χ0n) is 13.4. The Bertz CT molecular complexity index is 540. The van der Waals surface area contributed by atoms with E-state index in [1.165, 1.54) is 4.90 Å². The van der Waals surface area contributed by atoms with E-state index in [1.54, 1.807) is 7.11 Å². The number of ether oxygens (including phenoxy) is 2. The van der Waals surface area contributed by atoms with Gasteiger partial charge in [0, 0.05) is 25.7 Å². The van der Waals surface area contributed by atoms with Crippen molar-refractivity contribution >= 4 is 11.9 Å². The summed E-state index contributed by atoms with van der Waals surface area (Å²) in [6, 6.07) is 7.52. The summed E-state index contributed by atoms with van der Waals surface area (Å²) in [5, 5.41) is 9.08. The minimum Gasteiger partial charge on any atom is -0.497 e. The first kappa shape index (κ1) is 17.3. The first-order valence-corrected chi connectivity index (χ1v) is 7.82. The number of rotatable bonds is 7. The second-order valence-electron chi connectivity index (χ2n) is 5.61. The van der Waals surface area contributed by atoms with Gasteiger partial charge in [0.15, 0.2) is 0 Å². The SMILES string of the molecule is COc1cccc(CCC(=O)N(CC(=O)O)C2CCOCC2)c1. The van der Waals surface area contributed by atoms with Crippen molar-refractivity contribution in [3.8, 4) is 5.75 Å². The maximum atomic E-state index is 12.5. The van der Waals surface area contributed by atoms with E-state index in [0.29, 0.717) is 32.5 Å². The van der Waals surface area contributed by atoms with E-state index in [9.17, 15) is 9.59 Å². The lowest BCUT2D eigenvalue weighted by atomic mass is 10.0. The highest BCUT2D eigenvalue weighted by molar-refractivity contribution is 5.81. The quantitative estimate of drug-likeness (QED) is 0.827. The third-order valence-corrected chi connectivity index (χ3v) is 4.02. The fourth-order valence-electron chi connectivity index (χ4n) is 2.79. The molecule has 1 fully saturated rings. The van der Waals surface area contributed by atoms with E-state index in [2.05, 4.69) is 0 Å². The molecule has 0 atom stereocenters. The zero-order valence-corrected chi connectivity index (χ0v) is 13.4. The van der Waals surface area contributed by atoms with Crippen LogP contribution in [0.25, 0.3) is 0 Å². The largest absolute Gasteiger partial charge is 0.497 e. The van der Waals surface area contributed by atoms with Crippen molar-refractivity contribution in [2.45, 2.75) is 31.7 Å². The molecule has 1 aliphatic heterocycles. The number of carbonyl (C=O) groups excluding carboxylic acids is 1. The standard InChI is InChI=1S/C17H23NO5/c1-22-15-4-2-3-13(11-15)5-6-16(19)18(12-17(20)21)14-7-9-23-10-8-14/h2-4,11,14H,5-10,12H2,1H3,(H,20,21). The van der Waals surface area contributed by atoms with Gasteiger partial charge in [-0.15, -0.1) is 0 Å². The topological polar surface area (TPSA) is 76.1 Å². The van der Waals surface area contributed by atoms with Crippen LogP contribution < -0.4 is 4.74 Å². The predicted molar refractivity (Wildman–Crippen MR) is 84.5 cm³/mol. The summed E-state index contributed by atoms with van der Waals surface area (Å²) >= 11 is 0. The van der Waals surface area contributed by atoms with Crippen LogP contribution in [0.2, 0.25) is 0 Å². The lowest BCUT2D eigenvalue weighted by Gasteiger charge is -2.33. The maximum absolute atomic E-state index is 12.5. The Hall–Kier alpha value is -2.08. The molecule has 1 saturated heterocycles. The van der Waals surface area contributed by atoms with Crippen LogP contribution in [0.4, 0.5) is 0 Å². The number of carboxylic acids is 1. The van der Waals surface area contributed by atoms with Crippen LogP contribution in [0.3, 0.4) is 0 Å². The Morgan fingerprint density at radius 3 is 2.74 bits per heavy atom. The number of hydrogen-bond acceptors (Lipinski definition) is 4. The summed E-state index contributed by atoms with van der Waals surface area (Å²) in [7, 11) is 1.60. The summed E-state index contributed by atoms with van der Waals surface area (Å²) in [5.41, 5.74) is 1.000. The van der Waals surface area contributed by atoms with Gasteiger partial charge in [-0.25, -0.2) is 0 Å².